The normalized spacial score (nSPS) is 19.9. The molecule has 0 bridgehead atoms. The number of nitrogens with one attached hydrogen (secondary N) is 1. The second kappa shape index (κ2) is 11.7. The topological polar surface area (TPSA) is 88.0 Å². The van der Waals surface area contributed by atoms with Gasteiger partial charge in [-0.1, -0.05) is 70.2 Å². The van der Waals surface area contributed by atoms with Crippen molar-refractivity contribution in [2.24, 2.45) is 4.99 Å². The van der Waals surface area contributed by atoms with Gasteiger partial charge < -0.3 is 10.1 Å². The van der Waals surface area contributed by atoms with E-state index in [1.165, 1.54) is 34.5 Å². The maximum absolute atomic E-state index is 14.1. The number of aliphatic imine (C=N–C) groups is 1. The van der Waals surface area contributed by atoms with Crippen molar-refractivity contribution >= 4 is 38.0 Å². The van der Waals surface area contributed by atoms with Gasteiger partial charge in [0.05, 0.1) is 16.3 Å². The molecule has 8 heteroatoms. The molecule has 0 saturated carbocycles. The van der Waals surface area contributed by atoms with E-state index in [0.29, 0.717) is 11.5 Å². The van der Waals surface area contributed by atoms with E-state index < -0.39 is 15.5 Å². The molecule has 2 aliphatic heterocycles. The Morgan fingerprint density at radius 2 is 1.67 bits per heavy atom. The molecule has 2 N–H and O–H groups in total. The molecular formula is C40H37FN2O4S. The van der Waals surface area contributed by atoms with Gasteiger partial charge in [-0.05, 0) is 113 Å². The third-order valence-corrected chi connectivity index (χ3v) is 10.6. The third kappa shape index (κ3) is 5.69. The van der Waals surface area contributed by atoms with Gasteiger partial charge in [0.25, 0.3) is 10.1 Å². The van der Waals surface area contributed by atoms with Gasteiger partial charge in [0.1, 0.15) is 17.3 Å². The second-order valence-corrected chi connectivity index (χ2v) is 15.0. The van der Waals surface area contributed by atoms with Crippen LogP contribution in [0.4, 0.5) is 15.8 Å². The largest absolute Gasteiger partial charge is 0.457 e. The van der Waals surface area contributed by atoms with Gasteiger partial charge in [0, 0.05) is 22.2 Å². The number of benzene rings is 4. The fraction of sp³-hybridized carbons (Fsp3) is 0.225. The molecule has 6 nitrogen and oxygen atoms in total. The summed E-state index contributed by atoms with van der Waals surface area (Å²) in [6.45, 7) is 8.55. The fourth-order valence-electron chi connectivity index (χ4n) is 7.01. The van der Waals surface area contributed by atoms with Crippen molar-refractivity contribution in [2.75, 3.05) is 5.32 Å². The van der Waals surface area contributed by atoms with Crippen molar-refractivity contribution in [3.8, 4) is 5.75 Å². The first-order valence-corrected chi connectivity index (χ1v) is 17.5. The number of hydrogen-bond acceptors (Lipinski definition) is 5. The maximum Gasteiger partial charge on any atom is 0.294 e. The summed E-state index contributed by atoms with van der Waals surface area (Å²) in [5, 5.41) is 6.09. The van der Waals surface area contributed by atoms with Crippen LogP contribution in [0.15, 0.2) is 136 Å². The van der Waals surface area contributed by atoms with Gasteiger partial charge in [-0.3, -0.25) is 9.55 Å². The van der Waals surface area contributed by atoms with E-state index in [0.717, 1.165) is 58.8 Å². The Morgan fingerprint density at radius 3 is 2.44 bits per heavy atom. The first-order chi connectivity index (χ1) is 22.8. The van der Waals surface area contributed by atoms with Crippen molar-refractivity contribution in [1.82, 2.24) is 0 Å². The van der Waals surface area contributed by atoms with E-state index in [-0.39, 0.29) is 16.1 Å². The van der Waals surface area contributed by atoms with Crippen LogP contribution in [0.5, 0.6) is 5.75 Å². The fourth-order valence-corrected chi connectivity index (χ4v) is 7.49. The van der Waals surface area contributed by atoms with Crippen molar-refractivity contribution < 1.29 is 22.1 Å². The van der Waals surface area contributed by atoms with Crippen LogP contribution in [0.25, 0.3) is 10.8 Å². The Labute approximate surface area is 280 Å². The summed E-state index contributed by atoms with van der Waals surface area (Å²) in [5.74, 6) is 0.851. The minimum absolute atomic E-state index is 0.202. The van der Waals surface area contributed by atoms with Crippen LogP contribution in [0, 0.1) is 5.82 Å². The van der Waals surface area contributed by atoms with E-state index in [1.807, 2.05) is 26.0 Å². The van der Waals surface area contributed by atoms with Crippen LogP contribution >= 0.6 is 0 Å². The number of rotatable bonds is 6. The molecule has 1 aliphatic carbocycles. The molecule has 0 amide bonds. The molecule has 4 aromatic rings. The molecule has 0 radical (unpaired) electrons. The number of ether oxygens (including phenoxy) is 1. The quantitative estimate of drug-likeness (QED) is 0.201. The second-order valence-electron chi connectivity index (χ2n) is 13.6. The number of hydrogen-bond donors (Lipinski definition) is 2. The average molecular weight is 661 g/mol. The summed E-state index contributed by atoms with van der Waals surface area (Å²) in [5.41, 5.74) is 7.12. The Bertz CT molecular complexity index is 2240. The van der Waals surface area contributed by atoms with E-state index in [9.17, 15) is 17.4 Å². The molecule has 0 unspecified atom stereocenters. The first-order valence-electron chi connectivity index (χ1n) is 16.1. The highest BCUT2D eigenvalue weighted by atomic mass is 32.2. The summed E-state index contributed by atoms with van der Waals surface area (Å²) in [6.07, 6.45) is 10.7. The molecule has 0 aromatic heterocycles. The van der Waals surface area contributed by atoms with Crippen molar-refractivity contribution in [3.63, 3.8) is 0 Å². The summed E-state index contributed by atoms with van der Waals surface area (Å²) in [4.78, 5) is 4.62. The van der Waals surface area contributed by atoms with Crippen LogP contribution in [0.1, 0.15) is 58.1 Å². The number of nitrogens with zero attached hydrogens (tertiary/aromatic N) is 1. The molecule has 7 rings (SSSR count). The minimum Gasteiger partial charge on any atom is -0.457 e. The van der Waals surface area contributed by atoms with E-state index >= 15 is 0 Å². The van der Waals surface area contributed by atoms with Crippen LogP contribution in [-0.4, -0.2) is 18.7 Å². The van der Waals surface area contributed by atoms with Gasteiger partial charge >= 0.3 is 0 Å². The van der Waals surface area contributed by atoms with Gasteiger partial charge in [-0.15, -0.1) is 0 Å². The first kappa shape index (κ1) is 31.8. The minimum atomic E-state index is -4.34. The highest BCUT2D eigenvalue weighted by Crippen LogP contribution is 2.47. The third-order valence-electron chi connectivity index (χ3n) is 9.72. The Kier molecular flexibility index (Phi) is 7.76. The van der Waals surface area contributed by atoms with Gasteiger partial charge in [-0.25, -0.2) is 4.39 Å². The zero-order valence-corrected chi connectivity index (χ0v) is 28.2. The monoisotopic (exact) mass is 660 g/mol. The predicted octanol–water partition coefficient (Wildman–Crippen LogP) is 9.88. The molecule has 48 heavy (non-hydrogen) atoms. The molecule has 3 aliphatic rings. The summed E-state index contributed by atoms with van der Waals surface area (Å²) in [7, 11) is -4.34. The standard InChI is InChI=1S/C40H37FN2O4S/c1-39(2)32-24-28(41)15-21-33(32)42-35(39)22-13-26-9-7-10-27(38(26)47-29-16-18-30(19-17-29)48(44,45)46)14-23-36-40(3,4)37-31-11-6-5-8-25(31)12-20-34(37)43-36/h5-6,8,11-24,43H,7,9-10H2,1-4H3,(H,44,45,46)/b22-13+,27-14+,36-23+. The van der Waals surface area contributed by atoms with Crippen LogP contribution in [0.3, 0.4) is 0 Å². The Balaban J connectivity index is 1.28. The van der Waals surface area contributed by atoms with Crippen molar-refractivity contribution in [1.29, 1.82) is 0 Å². The maximum atomic E-state index is 14.1. The van der Waals surface area contributed by atoms with Crippen molar-refractivity contribution in [3.05, 3.63) is 143 Å². The lowest BCUT2D eigenvalue weighted by molar-refractivity contribution is 0.415. The number of halogens is 1. The van der Waals surface area contributed by atoms with E-state index in [4.69, 9.17) is 9.73 Å². The lowest BCUT2D eigenvalue weighted by atomic mass is 9.80. The molecule has 0 saturated heterocycles. The average Bonchev–Trinajstić information content (AvgIpc) is 3.46. The van der Waals surface area contributed by atoms with Crippen LogP contribution in [-0.2, 0) is 20.9 Å². The highest BCUT2D eigenvalue weighted by molar-refractivity contribution is 7.85. The smallest absolute Gasteiger partial charge is 0.294 e. The summed E-state index contributed by atoms with van der Waals surface area (Å²) in [6, 6.07) is 23.2. The summed E-state index contributed by atoms with van der Waals surface area (Å²) < 4.78 is 53.5. The highest BCUT2D eigenvalue weighted by Gasteiger charge is 2.36. The number of fused-ring (bicyclic) bond motifs is 4. The number of allylic oxidation sites excluding steroid dienone is 7. The van der Waals surface area contributed by atoms with E-state index in [2.05, 4.69) is 67.7 Å². The van der Waals surface area contributed by atoms with Crippen molar-refractivity contribution in [2.45, 2.75) is 62.7 Å². The molecular weight excluding hydrogens is 624 g/mol. The summed E-state index contributed by atoms with van der Waals surface area (Å²) >= 11 is 0. The molecule has 0 fully saturated rings. The van der Waals surface area contributed by atoms with E-state index in [1.54, 1.807) is 24.3 Å². The van der Waals surface area contributed by atoms with Gasteiger partial charge in [0.2, 0.25) is 0 Å². The molecule has 0 spiro atoms. The zero-order valence-electron chi connectivity index (χ0n) is 27.3. The Hall–Kier alpha value is -4.79. The van der Waals surface area contributed by atoms with Gasteiger partial charge in [-0.2, -0.15) is 8.42 Å². The molecule has 0 atom stereocenters. The van der Waals surface area contributed by atoms with Gasteiger partial charge in [0.15, 0.2) is 0 Å². The lowest BCUT2D eigenvalue weighted by Crippen LogP contribution is -2.24. The zero-order chi connectivity index (χ0) is 33.8. The van der Waals surface area contributed by atoms with Crippen LogP contribution < -0.4 is 10.1 Å². The molecule has 4 aromatic carbocycles. The predicted molar refractivity (Wildman–Crippen MR) is 190 cm³/mol. The SMILES string of the molecule is CC1(C)C(/C=C/C2=C(Oc3ccc(S(=O)(=O)O)cc3)C(=C/C=C3/Nc4ccc5ccccc5c4C3(C)C)/CCC2)=Nc2ccc(F)cc21. The molecule has 244 valence electrons. The number of anilines is 1. The molecule has 2 heterocycles. The van der Waals surface area contributed by atoms with Crippen LogP contribution in [0.2, 0.25) is 0 Å². The Morgan fingerprint density at radius 1 is 0.896 bits per heavy atom. The lowest BCUT2D eigenvalue weighted by Gasteiger charge is -2.24.